The lowest BCUT2D eigenvalue weighted by molar-refractivity contribution is 0.600. The molecule has 7 heteroatoms. The first kappa shape index (κ1) is 18.0. The van der Waals surface area contributed by atoms with Crippen molar-refractivity contribution >= 4 is 25.4 Å². The Kier molecular flexibility index (Phi) is 5.52. The molecule has 0 radical (unpaired) electrons. The summed E-state index contributed by atoms with van der Waals surface area (Å²) in [6, 6.07) is 4.20. The third kappa shape index (κ3) is 5.07. The summed E-state index contributed by atoms with van der Waals surface area (Å²) in [6.07, 6.45) is 9.96. The standard InChI is InChI=1S/C16H23NO4S2/c1-22(18,19)14-8-9-15(16(12-14)23(2,20)21)17-11-10-13-6-4-3-5-7-13/h6,8-9,12,17H,3-5,7,10-11H2,1-2H3. The van der Waals surface area contributed by atoms with Gasteiger partial charge in [0, 0.05) is 19.1 Å². The maximum Gasteiger partial charge on any atom is 0.177 e. The Morgan fingerprint density at radius 2 is 1.78 bits per heavy atom. The summed E-state index contributed by atoms with van der Waals surface area (Å²) in [7, 11) is -6.95. The highest BCUT2D eigenvalue weighted by Gasteiger charge is 2.17. The minimum Gasteiger partial charge on any atom is -0.384 e. The molecule has 0 amide bonds. The second-order valence-electron chi connectivity index (χ2n) is 5.99. The zero-order valence-electron chi connectivity index (χ0n) is 13.5. The minimum atomic E-state index is -3.51. The summed E-state index contributed by atoms with van der Waals surface area (Å²) < 4.78 is 47.1. The molecule has 1 N–H and O–H groups in total. The number of rotatable bonds is 6. The van der Waals surface area contributed by atoms with Crippen molar-refractivity contribution in [1.29, 1.82) is 0 Å². The Bertz CT molecular complexity index is 808. The average molecular weight is 357 g/mol. The Morgan fingerprint density at radius 1 is 1.04 bits per heavy atom. The lowest BCUT2D eigenvalue weighted by Gasteiger charge is -2.15. The van der Waals surface area contributed by atoms with Crippen LogP contribution in [0.15, 0.2) is 39.6 Å². The molecule has 0 saturated carbocycles. The lowest BCUT2D eigenvalue weighted by Crippen LogP contribution is -2.10. The molecule has 0 bridgehead atoms. The molecule has 0 spiro atoms. The van der Waals surface area contributed by atoms with Crippen molar-refractivity contribution in [2.75, 3.05) is 24.4 Å². The van der Waals surface area contributed by atoms with E-state index in [4.69, 9.17) is 0 Å². The zero-order chi connectivity index (χ0) is 17.1. The minimum absolute atomic E-state index is 0.0125. The summed E-state index contributed by atoms with van der Waals surface area (Å²) >= 11 is 0. The largest absolute Gasteiger partial charge is 0.384 e. The summed E-state index contributed by atoms with van der Waals surface area (Å²) in [5.74, 6) is 0. The number of sulfone groups is 2. The molecular formula is C16H23NO4S2. The van der Waals surface area contributed by atoms with Crippen LogP contribution >= 0.6 is 0 Å². The number of nitrogens with one attached hydrogen (secondary N) is 1. The van der Waals surface area contributed by atoms with Crippen molar-refractivity contribution in [3.8, 4) is 0 Å². The van der Waals surface area contributed by atoms with Crippen LogP contribution in [-0.4, -0.2) is 35.9 Å². The fourth-order valence-corrected chi connectivity index (χ4v) is 4.28. The van der Waals surface area contributed by atoms with E-state index in [1.807, 2.05) is 0 Å². The number of allylic oxidation sites excluding steroid dienone is 1. The van der Waals surface area contributed by atoms with Gasteiger partial charge in [-0.1, -0.05) is 11.6 Å². The van der Waals surface area contributed by atoms with Gasteiger partial charge in [-0.05, 0) is 50.3 Å². The van der Waals surface area contributed by atoms with Crippen molar-refractivity contribution in [3.63, 3.8) is 0 Å². The first-order valence-electron chi connectivity index (χ1n) is 7.64. The fourth-order valence-electron chi connectivity index (χ4n) is 2.68. The van der Waals surface area contributed by atoms with Crippen LogP contribution < -0.4 is 5.32 Å². The highest BCUT2D eigenvalue weighted by molar-refractivity contribution is 7.91. The van der Waals surface area contributed by atoms with Gasteiger partial charge in [0.2, 0.25) is 0 Å². The van der Waals surface area contributed by atoms with E-state index in [1.54, 1.807) is 0 Å². The Labute approximate surface area is 138 Å². The van der Waals surface area contributed by atoms with Crippen molar-refractivity contribution in [2.24, 2.45) is 0 Å². The number of anilines is 1. The Morgan fingerprint density at radius 3 is 2.35 bits per heavy atom. The predicted molar refractivity (Wildman–Crippen MR) is 92.3 cm³/mol. The first-order chi connectivity index (χ1) is 10.7. The molecule has 1 aliphatic carbocycles. The smallest absolute Gasteiger partial charge is 0.177 e. The molecule has 2 rings (SSSR count). The van der Waals surface area contributed by atoms with Crippen molar-refractivity contribution < 1.29 is 16.8 Å². The van der Waals surface area contributed by atoms with Crippen LogP contribution in [0.25, 0.3) is 0 Å². The predicted octanol–water partition coefficient (Wildman–Crippen LogP) is 2.80. The first-order valence-corrected chi connectivity index (χ1v) is 11.4. The van der Waals surface area contributed by atoms with Gasteiger partial charge in [0.25, 0.3) is 0 Å². The second-order valence-corrected chi connectivity index (χ2v) is 9.99. The van der Waals surface area contributed by atoms with E-state index in [2.05, 4.69) is 11.4 Å². The quantitative estimate of drug-likeness (QED) is 0.792. The van der Waals surface area contributed by atoms with Gasteiger partial charge in [-0.15, -0.1) is 0 Å². The molecule has 0 aromatic heterocycles. The monoisotopic (exact) mass is 357 g/mol. The van der Waals surface area contributed by atoms with Crippen molar-refractivity contribution in [1.82, 2.24) is 0 Å². The molecule has 0 atom stereocenters. The van der Waals surface area contributed by atoms with Gasteiger partial charge >= 0.3 is 0 Å². The van der Waals surface area contributed by atoms with Gasteiger partial charge in [0.05, 0.1) is 15.5 Å². The maximum atomic E-state index is 12.0. The molecule has 128 valence electrons. The molecule has 1 aromatic rings. The zero-order valence-corrected chi connectivity index (χ0v) is 15.1. The Balaban J connectivity index is 2.19. The highest BCUT2D eigenvalue weighted by Crippen LogP contribution is 2.26. The van der Waals surface area contributed by atoms with Gasteiger partial charge in [-0.3, -0.25) is 0 Å². The van der Waals surface area contributed by atoms with Gasteiger partial charge < -0.3 is 5.32 Å². The van der Waals surface area contributed by atoms with Crippen LogP contribution in [0.1, 0.15) is 32.1 Å². The van der Waals surface area contributed by atoms with Crippen molar-refractivity contribution in [3.05, 3.63) is 29.8 Å². The topological polar surface area (TPSA) is 80.3 Å². The van der Waals surface area contributed by atoms with E-state index in [0.717, 1.165) is 31.8 Å². The molecule has 0 aliphatic heterocycles. The molecule has 0 heterocycles. The van der Waals surface area contributed by atoms with E-state index in [0.29, 0.717) is 12.2 Å². The molecule has 0 unspecified atom stereocenters. The van der Waals surface area contributed by atoms with Crippen LogP contribution in [-0.2, 0) is 19.7 Å². The third-order valence-corrected chi connectivity index (χ3v) is 6.17. The highest BCUT2D eigenvalue weighted by atomic mass is 32.2. The molecule has 0 saturated heterocycles. The molecule has 5 nitrogen and oxygen atoms in total. The van der Waals surface area contributed by atoms with Crippen LogP contribution in [0.4, 0.5) is 5.69 Å². The van der Waals surface area contributed by atoms with Crippen LogP contribution in [0.5, 0.6) is 0 Å². The second kappa shape index (κ2) is 7.05. The SMILES string of the molecule is CS(=O)(=O)c1ccc(NCCC2=CCCCC2)c(S(C)(=O)=O)c1. The van der Waals surface area contributed by atoms with Gasteiger partial charge in [0.15, 0.2) is 19.7 Å². The van der Waals surface area contributed by atoms with E-state index in [9.17, 15) is 16.8 Å². The Hall–Kier alpha value is -1.34. The molecule has 1 aromatic carbocycles. The van der Waals surface area contributed by atoms with Crippen LogP contribution in [0, 0.1) is 0 Å². The van der Waals surface area contributed by atoms with Gasteiger partial charge in [-0.25, -0.2) is 16.8 Å². The van der Waals surface area contributed by atoms with E-state index in [1.165, 1.54) is 36.6 Å². The summed E-state index contributed by atoms with van der Waals surface area (Å²) in [4.78, 5) is 0.0384. The summed E-state index contributed by atoms with van der Waals surface area (Å²) in [6.45, 7) is 0.632. The lowest BCUT2D eigenvalue weighted by atomic mass is 9.97. The molecule has 23 heavy (non-hydrogen) atoms. The third-order valence-electron chi connectivity index (χ3n) is 3.93. The van der Waals surface area contributed by atoms with E-state index < -0.39 is 19.7 Å². The molecule has 0 fully saturated rings. The fraction of sp³-hybridized carbons (Fsp3) is 0.500. The van der Waals surface area contributed by atoms with Crippen LogP contribution in [0.3, 0.4) is 0 Å². The van der Waals surface area contributed by atoms with Gasteiger partial charge in [0.1, 0.15) is 0 Å². The number of hydrogen-bond donors (Lipinski definition) is 1. The van der Waals surface area contributed by atoms with Crippen LogP contribution in [0.2, 0.25) is 0 Å². The summed E-state index contributed by atoms with van der Waals surface area (Å²) in [5, 5.41) is 3.13. The average Bonchev–Trinajstić information content (AvgIpc) is 2.46. The van der Waals surface area contributed by atoms with E-state index in [-0.39, 0.29) is 9.79 Å². The van der Waals surface area contributed by atoms with Crippen molar-refractivity contribution in [2.45, 2.75) is 41.9 Å². The summed E-state index contributed by atoms with van der Waals surface area (Å²) in [5.41, 5.74) is 1.86. The molecular weight excluding hydrogens is 334 g/mol. The van der Waals surface area contributed by atoms with E-state index >= 15 is 0 Å². The van der Waals surface area contributed by atoms with Gasteiger partial charge in [-0.2, -0.15) is 0 Å². The maximum absolute atomic E-state index is 12.0. The number of benzene rings is 1. The number of hydrogen-bond acceptors (Lipinski definition) is 5. The molecule has 1 aliphatic rings. The normalized spacial score (nSPS) is 16.0.